The molecule has 3 nitrogen and oxygen atoms in total. The van der Waals surface area contributed by atoms with Crippen LogP contribution in [0.5, 0.6) is 0 Å². The molecule has 0 amide bonds. The highest BCUT2D eigenvalue weighted by molar-refractivity contribution is 5.78. The Bertz CT molecular complexity index is 521. The molecule has 1 unspecified atom stereocenters. The van der Waals surface area contributed by atoms with Crippen LogP contribution in [0.1, 0.15) is 12.0 Å². The van der Waals surface area contributed by atoms with E-state index in [0.29, 0.717) is 5.92 Å². The van der Waals surface area contributed by atoms with E-state index < -0.39 is 0 Å². The quantitative estimate of drug-likeness (QED) is 0.893. The predicted octanol–water partition coefficient (Wildman–Crippen LogP) is 2.36. The lowest BCUT2D eigenvalue weighted by Gasteiger charge is -2.09. The highest BCUT2D eigenvalue weighted by Gasteiger charge is 2.14. The summed E-state index contributed by atoms with van der Waals surface area (Å²) in [6, 6.07) is 10.5. The number of aromatic nitrogens is 1. The Labute approximate surface area is 107 Å². The molecule has 3 rings (SSSR count). The Morgan fingerprint density at radius 3 is 3.22 bits per heavy atom. The van der Waals surface area contributed by atoms with Gasteiger partial charge >= 0.3 is 0 Å². The van der Waals surface area contributed by atoms with Gasteiger partial charge < -0.3 is 10.1 Å². The van der Waals surface area contributed by atoms with Gasteiger partial charge in [0.25, 0.3) is 0 Å². The molecule has 1 aromatic heterocycles. The number of hydrogen-bond donors (Lipinski definition) is 1. The summed E-state index contributed by atoms with van der Waals surface area (Å²) >= 11 is 0. The number of nitrogens with zero attached hydrogens (tertiary/aromatic N) is 1. The minimum absolute atomic E-state index is 0.687. The molecule has 1 aliphatic heterocycles. The van der Waals surface area contributed by atoms with E-state index in [-0.39, 0.29) is 0 Å². The summed E-state index contributed by atoms with van der Waals surface area (Å²) in [5.74, 6) is 0.687. The van der Waals surface area contributed by atoms with Crippen LogP contribution in [0.25, 0.3) is 10.9 Å². The summed E-state index contributed by atoms with van der Waals surface area (Å²) in [6.07, 6.45) is 3.02. The molecule has 0 spiro atoms. The average molecular weight is 242 g/mol. The lowest BCUT2D eigenvalue weighted by atomic mass is 10.1. The van der Waals surface area contributed by atoms with E-state index in [0.717, 1.165) is 31.8 Å². The Kier molecular flexibility index (Phi) is 3.53. The van der Waals surface area contributed by atoms with Crippen molar-refractivity contribution in [1.82, 2.24) is 10.3 Å². The first-order chi connectivity index (χ1) is 8.92. The third kappa shape index (κ3) is 2.68. The van der Waals surface area contributed by atoms with E-state index >= 15 is 0 Å². The summed E-state index contributed by atoms with van der Waals surface area (Å²) in [6.45, 7) is 3.80. The fourth-order valence-electron chi connectivity index (χ4n) is 2.40. The molecule has 1 aromatic carbocycles. The molecule has 0 saturated carbocycles. The zero-order chi connectivity index (χ0) is 12.2. The molecule has 1 fully saturated rings. The molecule has 1 saturated heterocycles. The number of ether oxygens (including phenoxy) is 1. The maximum atomic E-state index is 5.37. The highest BCUT2D eigenvalue weighted by Crippen LogP contribution is 2.14. The Hall–Kier alpha value is -1.45. The van der Waals surface area contributed by atoms with Gasteiger partial charge in [-0.15, -0.1) is 0 Å². The summed E-state index contributed by atoms with van der Waals surface area (Å²) in [5, 5.41) is 4.72. The van der Waals surface area contributed by atoms with Crippen LogP contribution in [0.2, 0.25) is 0 Å². The second kappa shape index (κ2) is 5.46. The maximum Gasteiger partial charge on any atom is 0.0702 e. The van der Waals surface area contributed by atoms with Gasteiger partial charge in [-0.05, 0) is 36.1 Å². The first kappa shape index (κ1) is 11.6. The van der Waals surface area contributed by atoms with E-state index in [4.69, 9.17) is 4.74 Å². The minimum atomic E-state index is 0.687. The second-order valence-electron chi connectivity index (χ2n) is 4.89. The largest absolute Gasteiger partial charge is 0.381 e. The molecule has 0 aliphatic carbocycles. The highest BCUT2D eigenvalue weighted by atomic mass is 16.5. The minimum Gasteiger partial charge on any atom is -0.381 e. The molecule has 2 aromatic rings. The molecule has 1 atom stereocenters. The number of rotatable bonds is 4. The molecule has 1 aliphatic rings. The van der Waals surface area contributed by atoms with Gasteiger partial charge in [0, 0.05) is 31.3 Å². The van der Waals surface area contributed by atoms with E-state index in [1.807, 2.05) is 12.3 Å². The van der Waals surface area contributed by atoms with Crippen LogP contribution >= 0.6 is 0 Å². The lowest BCUT2D eigenvalue weighted by molar-refractivity contribution is 0.185. The van der Waals surface area contributed by atoms with Crippen LogP contribution in [0.15, 0.2) is 36.5 Å². The van der Waals surface area contributed by atoms with Crippen molar-refractivity contribution in [3.05, 3.63) is 42.1 Å². The monoisotopic (exact) mass is 242 g/mol. The van der Waals surface area contributed by atoms with Crippen LogP contribution in [0.4, 0.5) is 0 Å². The van der Waals surface area contributed by atoms with Gasteiger partial charge in [-0.25, -0.2) is 0 Å². The van der Waals surface area contributed by atoms with Gasteiger partial charge in [0.15, 0.2) is 0 Å². The van der Waals surface area contributed by atoms with Crippen molar-refractivity contribution < 1.29 is 4.74 Å². The first-order valence-corrected chi connectivity index (χ1v) is 6.54. The van der Waals surface area contributed by atoms with Gasteiger partial charge in [-0.2, -0.15) is 0 Å². The summed E-state index contributed by atoms with van der Waals surface area (Å²) in [4.78, 5) is 4.33. The van der Waals surface area contributed by atoms with E-state index in [1.54, 1.807) is 0 Å². The van der Waals surface area contributed by atoms with Crippen molar-refractivity contribution in [1.29, 1.82) is 0 Å². The Balaban J connectivity index is 1.60. The van der Waals surface area contributed by atoms with Gasteiger partial charge in [-0.1, -0.05) is 12.1 Å². The summed E-state index contributed by atoms with van der Waals surface area (Å²) in [7, 11) is 0. The Morgan fingerprint density at radius 2 is 2.33 bits per heavy atom. The van der Waals surface area contributed by atoms with Crippen LogP contribution < -0.4 is 5.32 Å². The van der Waals surface area contributed by atoms with E-state index in [9.17, 15) is 0 Å². The average Bonchev–Trinajstić information content (AvgIpc) is 2.92. The zero-order valence-electron chi connectivity index (χ0n) is 10.4. The third-order valence-corrected chi connectivity index (χ3v) is 3.45. The van der Waals surface area contributed by atoms with Crippen molar-refractivity contribution in [3.63, 3.8) is 0 Å². The van der Waals surface area contributed by atoms with Gasteiger partial charge in [0.1, 0.15) is 0 Å². The standard InChI is InChI=1S/C15H18N2O/c1-2-14-8-12(3-4-15(14)17-6-1)9-16-10-13-5-7-18-11-13/h1-4,6,8,13,16H,5,7,9-11H2. The van der Waals surface area contributed by atoms with Crippen molar-refractivity contribution >= 4 is 10.9 Å². The van der Waals surface area contributed by atoms with Crippen molar-refractivity contribution in [2.75, 3.05) is 19.8 Å². The molecule has 0 bridgehead atoms. The molecule has 94 valence electrons. The number of pyridine rings is 1. The van der Waals surface area contributed by atoms with E-state index in [1.165, 1.54) is 17.4 Å². The smallest absolute Gasteiger partial charge is 0.0702 e. The van der Waals surface area contributed by atoms with Crippen molar-refractivity contribution in [3.8, 4) is 0 Å². The summed E-state index contributed by atoms with van der Waals surface area (Å²) < 4.78 is 5.37. The maximum absolute atomic E-state index is 5.37. The zero-order valence-corrected chi connectivity index (χ0v) is 10.4. The topological polar surface area (TPSA) is 34.2 Å². The Morgan fingerprint density at radius 1 is 1.33 bits per heavy atom. The normalized spacial score (nSPS) is 19.4. The molecule has 3 heteroatoms. The predicted molar refractivity (Wildman–Crippen MR) is 72.4 cm³/mol. The van der Waals surface area contributed by atoms with Crippen LogP contribution in [-0.4, -0.2) is 24.7 Å². The second-order valence-corrected chi connectivity index (χ2v) is 4.89. The van der Waals surface area contributed by atoms with Gasteiger partial charge in [0.2, 0.25) is 0 Å². The molecular formula is C15H18N2O. The number of benzene rings is 1. The fraction of sp³-hybridized carbons (Fsp3) is 0.400. The molecule has 1 N–H and O–H groups in total. The molecule has 0 radical (unpaired) electrons. The van der Waals surface area contributed by atoms with Gasteiger partial charge in [0.05, 0.1) is 12.1 Å². The van der Waals surface area contributed by atoms with E-state index in [2.05, 4.69) is 34.6 Å². The van der Waals surface area contributed by atoms with Crippen LogP contribution in [0, 0.1) is 5.92 Å². The molecule has 18 heavy (non-hydrogen) atoms. The molecule has 2 heterocycles. The van der Waals surface area contributed by atoms with Crippen molar-refractivity contribution in [2.45, 2.75) is 13.0 Å². The van der Waals surface area contributed by atoms with Gasteiger partial charge in [-0.3, -0.25) is 4.98 Å². The number of nitrogens with one attached hydrogen (secondary N) is 1. The SMILES string of the molecule is c1cnc2ccc(CNCC3CCOC3)cc2c1. The van der Waals surface area contributed by atoms with Crippen molar-refractivity contribution in [2.24, 2.45) is 5.92 Å². The fourth-order valence-corrected chi connectivity index (χ4v) is 2.40. The molecular weight excluding hydrogens is 224 g/mol. The van der Waals surface area contributed by atoms with Crippen LogP contribution in [0.3, 0.4) is 0 Å². The number of hydrogen-bond acceptors (Lipinski definition) is 3. The first-order valence-electron chi connectivity index (χ1n) is 6.54. The summed E-state index contributed by atoms with van der Waals surface area (Å²) in [5.41, 5.74) is 2.37. The lowest BCUT2D eigenvalue weighted by Crippen LogP contribution is -2.22. The van der Waals surface area contributed by atoms with Crippen LogP contribution in [-0.2, 0) is 11.3 Å². The third-order valence-electron chi connectivity index (χ3n) is 3.45. The number of fused-ring (bicyclic) bond motifs is 1.